The number of aromatic nitrogens is 1. The van der Waals surface area contributed by atoms with Gasteiger partial charge in [0.05, 0.1) is 24.3 Å². The van der Waals surface area contributed by atoms with E-state index in [1.54, 1.807) is 7.11 Å². The van der Waals surface area contributed by atoms with E-state index in [1.165, 1.54) is 0 Å². The van der Waals surface area contributed by atoms with E-state index in [0.29, 0.717) is 18.8 Å². The number of nitrogens with zero attached hydrogens (tertiary/aromatic N) is 2. The van der Waals surface area contributed by atoms with Gasteiger partial charge in [-0.05, 0) is 60.9 Å². The summed E-state index contributed by atoms with van der Waals surface area (Å²) in [6.45, 7) is 3.15. The van der Waals surface area contributed by atoms with Crippen LogP contribution in [0.1, 0.15) is 23.6 Å². The number of benzene rings is 2. The first kappa shape index (κ1) is 19.8. The predicted molar refractivity (Wildman–Crippen MR) is 120 cm³/mol. The van der Waals surface area contributed by atoms with E-state index in [0.717, 1.165) is 45.5 Å². The van der Waals surface area contributed by atoms with Gasteiger partial charge in [-0.15, -0.1) is 0 Å². The third-order valence-electron chi connectivity index (χ3n) is 5.58. The minimum atomic E-state index is 0.172. The van der Waals surface area contributed by atoms with Gasteiger partial charge >= 0.3 is 0 Å². The molecule has 1 heterocycles. The van der Waals surface area contributed by atoms with E-state index in [1.807, 2.05) is 43.3 Å². The molecule has 0 saturated carbocycles. The van der Waals surface area contributed by atoms with Crippen LogP contribution < -0.4 is 5.73 Å². The molecule has 5 nitrogen and oxygen atoms in total. The van der Waals surface area contributed by atoms with Gasteiger partial charge in [0.15, 0.2) is 0 Å². The second-order valence-corrected chi connectivity index (χ2v) is 7.42. The average molecular weight is 399 g/mol. The highest BCUT2D eigenvalue weighted by Gasteiger charge is 2.19. The van der Waals surface area contributed by atoms with Gasteiger partial charge in [-0.1, -0.05) is 18.2 Å². The van der Waals surface area contributed by atoms with E-state index in [2.05, 4.69) is 35.1 Å². The smallest absolute Gasteiger partial charge is 0.115 e. The zero-order valence-electron chi connectivity index (χ0n) is 17.3. The summed E-state index contributed by atoms with van der Waals surface area (Å²) in [5, 5.41) is 10.5. The van der Waals surface area contributed by atoms with E-state index < -0.39 is 0 Å². The first-order valence-electron chi connectivity index (χ1n) is 10.0. The lowest BCUT2D eigenvalue weighted by molar-refractivity contribution is 0.113. The summed E-state index contributed by atoms with van der Waals surface area (Å²) in [5.41, 5.74) is 11.9. The Hall–Kier alpha value is -3.49. The lowest BCUT2D eigenvalue weighted by atomic mass is 9.98. The zero-order valence-corrected chi connectivity index (χ0v) is 17.3. The van der Waals surface area contributed by atoms with Crippen molar-refractivity contribution in [1.29, 1.82) is 5.26 Å². The van der Waals surface area contributed by atoms with Crippen molar-refractivity contribution in [2.24, 2.45) is 0 Å². The molecule has 0 aliphatic heterocycles. The summed E-state index contributed by atoms with van der Waals surface area (Å²) in [5.74, 6) is 0.874. The summed E-state index contributed by atoms with van der Waals surface area (Å²) in [6.07, 6.45) is 9.30. The fourth-order valence-corrected chi connectivity index (χ4v) is 3.90. The Morgan fingerprint density at radius 3 is 2.80 bits per heavy atom. The predicted octanol–water partition coefficient (Wildman–Crippen LogP) is 5.12. The fraction of sp³-hybridized carbons (Fsp3) is 0.240. The second kappa shape index (κ2) is 8.48. The van der Waals surface area contributed by atoms with Crippen LogP contribution in [0.5, 0.6) is 0 Å². The maximum absolute atomic E-state index is 9.41. The minimum absolute atomic E-state index is 0.172. The van der Waals surface area contributed by atoms with E-state index in [4.69, 9.17) is 15.2 Å². The molecular formula is C25H25N3O2. The summed E-state index contributed by atoms with van der Waals surface area (Å²) >= 11 is 0. The number of nitrogens with two attached hydrogens (primary N) is 1. The Kier molecular flexibility index (Phi) is 5.60. The Morgan fingerprint density at radius 1 is 1.20 bits per heavy atom. The highest BCUT2D eigenvalue weighted by Crippen LogP contribution is 2.37. The van der Waals surface area contributed by atoms with Crippen LogP contribution in [0.2, 0.25) is 0 Å². The van der Waals surface area contributed by atoms with Crippen LogP contribution in [-0.4, -0.2) is 24.9 Å². The number of rotatable bonds is 6. The normalized spacial score (nSPS) is 15.8. The fourth-order valence-electron chi connectivity index (χ4n) is 3.90. The van der Waals surface area contributed by atoms with Crippen molar-refractivity contribution in [3.63, 3.8) is 0 Å². The van der Waals surface area contributed by atoms with Gasteiger partial charge in [-0.25, -0.2) is 0 Å². The van der Waals surface area contributed by atoms with Crippen molar-refractivity contribution < 1.29 is 9.47 Å². The summed E-state index contributed by atoms with van der Waals surface area (Å²) in [7, 11) is 1.67. The first-order chi connectivity index (χ1) is 14.6. The molecule has 1 aliphatic rings. The molecule has 1 unspecified atom stereocenters. The van der Waals surface area contributed by atoms with Crippen LogP contribution in [0.4, 0.5) is 5.69 Å². The molecule has 1 aromatic heterocycles. The largest absolute Gasteiger partial charge is 0.492 e. The van der Waals surface area contributed by atoms with Crippen molar-refractivity contribution in [1.82, 2.24) is 4.57 Å². The quantitative estimate of drug-likeness (QED) is 0.461. The molecule has 152 valence electrons. The van der Waals surface area contributed by atoms with E-state index >= 15 is 0 Å². The number of nitrogen functional groups attached to an aromatic ring is 1. The van der Waals surface area contributed by atoms with Gasteiger partial charge in [0, 0.05) is 35.5 Å². The lowest BCUT2D eigenvalue weighted by Crippen LogP contribution is -2.09. The molecule has 1 aliphatic carbocycles. The number of allylic oxidation sites excluding steroid dienone is 3. The third kappa shape index (κ3) is 3.70. The Morgan fingerprint density at radius 2 is 2.07 bits per heavy atom. The molecule has 2 aromatic carbocycles. The van der Waals surface area contributed by atoms with Crippen LogP contribution in [0.3, 0.4) is 0 Å². The number of anilines is 1. The average Bonchev–Trinajstić information content (AvgIpc) is 3.15. The molecule has 0 radical (unpaired) electrons. The van der Waals surface area contributed by atoms with Crippen molar-refractivity contribution in [3.05, 3.63) is 77.7 Å². The first-order valence-corrected chi connectivity index (χ1v) is 10.0. The number of ether oxygens (including phenoxy) is 2. The van der Waals surface area contributed by atoms with Crippen molar-refractivity contribution in [2.45, 2.75) is 19.4 Å². The highest BCUT2D eigenvalue weighted by molar-refractivity contribution is 5.98. The molecule has 1 atom stereocenters. The monoisotopic (exact) mass is 399 g/mol. The lowest BCUT2D eigenvalue weighted by Gasteiger charge is -2.19. The van der Waals surface area contributed by atoms with Crippen LogP contribution in [0.25, 0.3) is 22.0 Å². The molecular weight excluding hydrogens is 374 g/mol. The van der Waals surface area contributed by atoms with Crippen molar-refractivity contribution in [2.75, 3.05) is 26.1 Å². The number of hydrogen-bond donors (Lipinski definition) is 1. The molecule has 2 N–H and O–H groups in total. The Labute approximate surface area is 176 Å². The molecule has 5 heteroatoms. The number of nitriles is 1. The van der Waals surface area contributed by atoms with Gasteiger partial charge < -0.3 is 19.8 Å². The van der Waals surface area contributed by atoms with E-state index in [-0.39, 0.29) is 6.04 Å². The Balaban J connectivity index is 1.75. The Bertz CT molecular complexity index is 1180. The minimum Gasteiger partial charge on any atom is -0.492 e. The molecule has 0 bridgehead atoms. The van der Waals surface area contributed by atoms with Gasteiger partial charge in [0.1, 0.15) is 12.4 Å². The highest BCUT2D eigenvalue weighted by atomic mass is 16.5. The molecule has 0 fully saturated rings. The summed E-state index contributed by atoms with van der Waals surface area (Å²) < 4.78 is 13.0. The van der Waals surface area contributed by atoms with Gasteiger partial charge in [-0.3, -0.25) is 0 Å². The van der Waals surface area contributed by atoms with Crippen LogP contribution in [0.15, 0.2) is 66.6 Å². The van der Waals surface area contributed by atoms with Gasteiger partial charge in [-0.2, -0.15) is 5.26 Å². The number of hydrogen-bond acceptors (Lipinski definition) is 4. The molecule has 0 amide bonds. The van der Waals surface area contributed by atoms with Crippen LogP contribution in [-0.2, 0) is 9.47 Å². The van der Waals surface area contributed by atoms with Crippen LogP contribution >= 0.6 is 0 Å². The topological polar surface area (TPSA) is 73.2 Å². The SMILES string of the molecule is COCCOC1=CCC(n2cc(-c3cccc(N)c3C)c3cc(C#N)ccc32)C=C1. The van der Waals surface area contributed by atoms with E-state index in [9.17, 15) is 5.26 Å². The van der Waals surface area contributed by atoms with Crippen molar-refractivity contribution >= 4 is 16.6 Å². The standard InChI is InChI=1S/C25H25N3O2/c1-17-21(4-3-5-24(17)27)23-16-28(25-11-6-18(15-26)14-22(23)25)19-7-9-20(10-8-19)30-13-12-29-2/h3-7,9-11,14,16,19H,8,12-13,27H2,1-2H3. The molecule has 3 aromatic rings. The third-order valence-corrected chi connectivity index (χ3v) is 5.58. The molecule has 30 heavy (non-hydrogen) atoms. The number of fused-ring (bicyclic) bond motifs is 1. The van der Waals surface area contributed by atoms with Gasteiger partial charge in [0.2, 0.25) is 0 Å². The second-order valence-electron chi connectivity index (χ2n) is 7.42. The molecule has 0 saturated heterocycles. The van der Waals surface area contributed by atoms with Gasteiger partial charge in [0.25, 0.3) is 0 Å². The van der Waals surface area contributed by atoms with Crippen molar-refractivity contribution in [3.8, 4) is 17.2 Å². The summed E-state index contributed by atoms with van der Waals surface area (Å²) in [6, 6.07) is 14.3. The maximum atomic E-state index is 9.41. The molecule has 4 rings (SSSR count). The number of methoxy groups -OCH3 is 1. The maximum Gasteiger partial charge on any atom is 0.115 e. The zero-order chi connectivity index (χ0) is 21.1. The summed E-state index contributed by atoms with van der Waals surface area (Å²) in [4.78, 5) is 0. The molecule has 0 spiro atoms. The van der Waals surface area contributed by atoms with Crippen LogP contribution in [0, 0.1) is 18.3 Å².